The maximum Gasteiger partial charge on any atom is 0.183 e. The standard InChI is InChI=1S/C10H18O4/c1-12-7-10(11)8-14-6-9-2-4-13-5-3-9/h9H,2-8H2,1H3. The van der Waals surface area contributed by atoms with E-state index in [2.05, 4.69) is 0 Å². The molecule has 1 heterocycles. The van der Waals surface area contributed by atoms with Crippen LogP contribution in [0.5, 0.6) is 0 Å². The van der Waals surface area contributed by atoms with E-state index in [9.17, 15) is 4.79 Å². The van der Waals surface area contributed by atoms with Crippen LogP contribution in [0.3, 0.4) is 0 Å². The first-order valence-corrected chi connectivity index (χ1v) is 4.99. The summed E-state index contributed by atoms with van der Waals surface area (Å²) in [6.45, 7) is 2.62. The second kappa shape index (κ2) is 6.92. The first-order chi connectivity index (χ1) is 6.83. The number of hydrogen-bond acceptors (Lipinski definition) is 4. The van der Waals surface area contributed by atoms with Crippen molar-refractivity contribution in [1.29, 1.82) is 0 Å². The molecule has 0 N–H and O–H groups in total. The maximum absolute atomic E-state index is 11.0. The zero-order valence-corrected chi connectivity index (χ0v) is 8.66. The highest BCUT2D eigenvalue weighted by Gasteiger charge is 2.14. The van der Waals surface area contributed by atoms with Crippen molar-refractivity contribution in [1.82, 2.24) is 0 Å². The van der Waals surface area contributed by atoms with Gasteiger partial charge in [0.15, 0.2) is 5.78 Å². The van der Waals surface area contributed by atoms with Crippen LogP contribution >= 0.6 is 0 Å². The Balaban J connectivity index is 1.99. The van der Waals surface area contributed by atoms with Gasteiger partial charge in [0.1, 0.15) is 13.2 Å². The highest BCUT2D eigenvalue weighted by Crippen LogP contribution is 2.14. The zero-order valence-electron chi connectivity index (χ0n) is 8.66. The van der Waals surface area contributed by atoms with Gasteiger partial charge in [-0.1, -0.05) is 0 Å². The third-order valence-corrected chi connectivity index (χ3v) is 2.26. The molecule has 4 heteroatoms. The molecule has 0 saturated carbocycles. The minimum absolute atomic E-state index is 0.000408. The molecule has 0 aromatic carbocycles. The first-order valence-electron chi connectivity index (χ1n) is 4.99. The van der Waals surface area contributed by atoms with Gasteiger partial charge in [0.05, 0.1) is 6.61 Å². The van der Waals surface area contributed by atoms with Gasteiger partial charge < -0.3 is 14.2 Å². The van der Waals surface area contributed by atoms with Crippen LogP contribution in [0, 0.1) is 5.92 Å². The van der Waals surface area contributed by atoms with E-state index in [1.807, 2.05) is 0 Å². The van der Waals surface area contributed by atoms with E-state index in [1.165, 1.54) is 7.11 Å². The van der Waals surface area contributed by atoms with Crippen LogP contribution in [0.4, 0.5) is 0 Å². The van der Waals surface area contributed by atoms with Crippen molar-refractivity contribution in [2.75, 3.05) is 40.1 Å². The summed E-state index contributed by atoms with van der Waals surface area (Å²) in [6, 6.07) is 0. The lowest BCUT2D eigenvalue weighted by Crippen LogP contribution is -2.22. The van der Waals surface area contributed by atoms with Gasteiger partial charge in [-0.25, -0.2) is 0 Å². The van der Waals surface area contributed by atoms with Crippen molar-refractivity contribution in [2.24, 2.45) is 5.92 Å². The van der Waals surface area contributed by atoms with Gasteiger partial charge in [0, 0.05) is 20.3 Å². The molecule has 82 valence electrons. The zero-order chi connectivity index (χ0) is 10.2. The molecular weight excluding hydrogens is 184 g/mol. The van der Waals surface area contributed by atoms with Crippen molar-refractivity contribution >= 4 is 5.78 Å². The minimum Gasteiger partial charge on any atom is -0.381 e. The smallest absolute Gasteiger partial charge is 0.183 e. The molecule has 0 unspecified atom stereocenters. The molecule has 0 spiro atoms. The summed E-state index contributed by atoms with van der Waals surface area (Å²) in [5.74, 6) is 0.554. The van der Waals surface area contributed by atoms with Crippen molar-refractivity contribution in [3.8, 4) is 0 Å². The average Bonchev–Trinajstić information content (AvgIpc) is 2.20. The fraction of sp³-hybridized carbons (Fsp3) is 0.900. The van der Waals surface area contributed by atoms with Crippen LogP contribution in [0.1, 0.15) is 12.8 Å². The van der Waals surface area contributed by atoms with E-state index >= 15 is 0 Å². The predicted molar refractivity (Wildman–Crippen MR) is 51.2 cm³/mol. The van der Waals surface area contributed by atoms with E-state index in [0.717, 1.165) is 26.1 Å². The first kappa shape index (κ1) is 11.6. The lowest BCUT2D eigenvalue weighted by molar-refractivity contribution is -0.128. The second-order valence-corrected chi connectivity index (χ2v) is 3.54. The number of ether oxygens (including phenoxy) is 3. The van der Waals surface area contributed by atoms with Crippen LogP contribution in [-0.4, -0.2) is 45.9 Å². The van der Waals surface area contributed by atoms with E-state index < -0.39 is 0 Å². The van der Waals surface area contributed by atoms with Crippen LogP contribution in [-0.2, 0) is 19.0 Å². The molecule has 14 heavy (non-hydrogen) atoms. The number of carbonyl (C=O) groups is 1. The second-order valence-electron chi connectivity index (χ2n) is 3.54. The predicted octanol–water partition coefficient (Wildman–Crippen LogP) is 0.645. The van der Waals surface area contributed by atoms with Crippen molar-refractivity contribution in [3.63, 3.8) is 0 Å². The Morgan fingerprint density at radius 1 is 1.36 bits per heavy atom. The lowest BCUT2D eigenvalue weighted by Gasteiger charge is -2.21. The molecule has 4 nitrogen and oxygen atoms in total. The van der Waals surface area contributed by atoms with Gasteiger partial charge in [0.25, 0.3) is 0 Å². The Morgan fingerprint density at radius 2 is 2.07 bits per heavy atom. The maximum atomic E-state index is 11.0. The quantitative estimate of drug-likeness (QED) is 0.634. The Kier molecular flexibility index (Phi) is 5.75. The molecule has 0 aliphatic carbocycles. The number of Topliss-reactive ketones (excluding diaryl/α,β-unsaturated/α-hetero) is 1. The molecule has 1 saturated heterocycles. The Bertz CT molecular complexity index is 164. The number of carbonyl (C=O) groups excluding carboxylic acids is 1. The summed E-state index contributed by atoms with van der Waals surface area (Å²) in [7, 11) is 1.51. The monoisotopic (exact) mass is 202 g/mol. The molecule has 1 rings (SSSR count). The summed E-state index contributed by atoms with van der Waals surface area (Å²) in [5.41, 5.74) is 0. The SMILES string of the molecule is COCC(=O)COCC1CCOCC1. The highest BCUT2D eigenvalue weighted by molar-refractivity contribution is 5.80. The number of methoxy groups -OCH3 is 1. The molecule has 0 bridgehead atoms. The van der Waals surface area contributed by atoms with Gasteiger partial charge >= 0.3 is 0 Å². The highest BCUT2D eigenvalue weighted by atomic mass is 16.5. The summed E-state index contributed by atoms with van der Waals surface area (Å²) < 4.78 is 15.2. The van der Waals surface area contributed by atoms with Crippen LogP contribution in [0.15, 0.2) is 0 Å². The molecule has 0 aromatic rings. The fourth-order valence-corrected chi connectivity index (χ4v) is 1.46. The molecule has 0 atom stereocenters. The third kappa shape index (κ3) is 4.69. The van der Waals surface area contributed by atoms with Gasteiger partial charge in [-0.3, -0.25) is 4.79 Å². The van der Waals surface area contributed by atoms with Gasteiger partial charge in [-0.2, -0.15) is 0 Å². The van der Waals surface area contributed by atoms with E-state index in [1.54, 1.807) is 0 Å². The number of rotatable bonds is 6. The largest absolute Gasteiger partial charge is 0.381 e. The van der Waals surface area contributed by atoms with Crippen LogP contribution in [0.25, 0.3) is 0 Å². The average molecular weight is 202 g/mol. The Morgan fingerprint density at radius 3 is 2.71 bits per heavy atom. The van der Waals surface area contributed by atoms with Gasteiger partial charge in [-0.05, 0) is 18.8 Å². The summed E-state index contributed by atoms with van der Waals surface area (Å²) in [5, 5.41) is 0. The molecular formula is C10H18O4. The summed E-state index contributed by atoms with van der Waals surface area (Å²) in [4.78, 5) is 11.0. The van der Waals surface area contributed by atoms with Crippen LogP contribution in [0.2, 0.25) is 0 Å². The van der Waals surface area contributed by atoms with E-state index in [0.29, 0.717) is 12.5 Å². The van der Waals surface area contributed by atoms with Gasteiger partial charge in [-0.15, -0.1) is 0 Å². The van der Waals surface area contributed by atoms with E-state index in [-0.39, 0.29) is 19.0 Å². The van der Waals surface area contributed by atoms with Crippen molar-refractivity contribution in [2.45, 2.75) is 12.8 Å². The minimum atomic E-state index is -0.000408. The van der Waals surface area contributed by atoms with E-state index in [4.69, 9.17) is 14.2 Å². The molecule has 0 amide bonds. The topological polar surface area (TPSA) is 44.8 Å². The molecule has 1 fully saturated rings. The third-order valence-electron chi connectivity index (χ3n) is 2.26. The van der Waals surface area contributed by atoms with Crippen molar-refractivity contribution in [3.05, 3.63) is 0 Å². The number of hydrogen-bond donors (Lipinski definition) is 0. The fourth-order valence-electron chi connectivity index (χ4n) is 1.46. The van der Waals surface area contributed by atoms with Crippen LogP contribution < -0.4 is 0 Å². The molecule has 1 aliphatic rings. The summed E-state index contributed by atoms with van der Waals surface area (Å²) in [6.07, 6.45) is 2.08. The lowest BCUT2D eigenvalue weighted by atomic mass is 10.0. The number of ketones is 1. The normalized spacial score (nSPS) is 18.4. The summed E-state index contributed by atoms with van der Waals surface area (Å²) >= 11 is 0. The molecule has 1 aliphatic heterocycles. The van der Waals surface area contributed by atoms with Gasteiger partial charge in [0.2, 0.25) is 0 Å². The Labute approximate surface area is 84.5 Å². The van der Waals surface area contributed by atoms with Crippen molar-refractivity contribution < 1.29 is 19.0 Å². The molecule has 0 radical (unpaired) electrons. The Hall–Kier alpha value is -0.450. The molecule has 0 aromatic heterocycles.